The van der Waals surface area contributed by atoms with Gasteiger partial charge in [0.05, 0.1) is 27.8 Å². The minimum Gasteiger partial charge on any atom is -0.376 e. The van der Waals surface area contributed by atoms with Crippen molar-refractivity contribution in [3.63, 3.8) is 0 Å². The van der Waals surface area contributed by atoms with Crippen LogP contribution in [0.5, 0.6) is 0 Å². The van der Waals surface area contributed by atoms with Crippen molar-refractivity contribution in [1.29, 1.82) is 0 Å². The highest BCUT2D eigenvalue weighted by molar-refractivity contribution is 7.90. The van der Waals surface area contributed by atoms with Crippen LogP contribution in [0, 0.1) is 5.82 Å². The Morgan fingerprint density at radius 3 is 2.69 bits per heavy atom. The molecule has 1 aliphatic rings. The van der Waals surface area contributed by atoms with Crippen molar-refractivity contribution in [2.45, 2.75) is 23.8 Å². The van der Waals surface area contributed by atoms with Crippen LogP contribution in [0.4, 0.5) is 9.52 Å². The van der Waals surface area contributed by atoms with E-state index in [0.29, 0.717) is 34.1 Å². The summed E-state index contributed by atoms with van der Waals surface area (Å²) in [4.78, 5) is 19.4. The van der Waals surface area contributed by atoms with Gasteiger partial charge in [-0.15, -0.1) is 0 Å². The van der Waals surface area contributed by atoms with E-state index in [9.17, 15) is 17.6 Å². The Labute approximate surface area is 171 Å². The predicted molar refractivity (Wildman–Crippen MR) is 110 cm³/mol. The van der Waals surface area contributed by atoms with Crippen LogP contribution in [-0.4, -0.2) is 44.8 Å². The van der Waals surface area contributed by atoms with E-state index in [1.807, 2.05) is 0 Å². The molecule has 1 saturated heterocycles. The molecular weight excluding hydrogens is 415 g/mol. The highest BCUT2D eigenvalue weighted by atomic mass is 32.2. The summed E-state index contributed by atoms with van der Waals surface area (Å²) >= 11 is 1.24. The lowest BCUT2D eigenvalue weighted by Crippen LogP contribution is -2.37. The fourth-order valence-corrected chi connectivity index (χ4v) is 4.87. The summed E-state index contributed by atoms with van der Waals surface area (Å²) in [5.74, 6) is -0.666. The van der Waals surface area contributed by atoms with Gasteiger partial charge < -0.3 is 4.74 Å². The third kappa shape index (κ3) is 4.31. The monoisotopic (exact) mass is 434 g/mol. The molecule has 0 N–H and O–H groups in total. The Hall–Kier alpha value is -2.36. The van der Waals surface area contributed by atoms with E-state index < -0.39 is 9.84 Å². The molecule has 1 unspecified atom stereocenters. The Bertz CT molecular complexity index is 1150. The number of nitrogens with zero attached hydrogens (tertiary/aromatic N) is 2. The highest BCUT2D eigenvalue weighted by Gasteiger charge is 2.27. The number of amides is 1. The van der Waals surface area contributed by atoms with Crippen molar-refractivity contribution in [2.24, 2.45) is 0 Å². The molecule has 1 atom stereocenters. The van der Waals surface area contributed by atoms with Gasteiger partial charge in [0.15, 0.2) is 15.0 Å². The predicted octanol–water partition coefficient (Wildman–Crippen LogP) is 3.66. The summed E-state index contributed by atoms with van der Waals surface area (Å²) in [6, 6.07) is 10.1. The average molecular weight is 435 g/mol. The van der Waals surface area contributed by atoms with E-state index in [4.69, 9.17) is 4.74 Å². The summed E-state index contributed by atoms with van der Waals surface area (Å²) in [6.45, 7) is 0.982. The van der Waals surface area contributed by atoms with Gasteiger partial charge in [-0.25, -0.2) is 17.8 Å². The van der Waals surface area contributed by atoms with E-state index in [2.05, 4.69) is 4.98 Å². The quantitative estimate of drug-likeness (QED) is 0.613. The molecule has 0 spiro atoms. The van der Waals surface area contributed by atoms with Gasteiger partial charge in [-0.3, -0.25) is 9.69 Å². The van der Waals surface area contributed by atoms with E-state index in [1.54, 1.807) is 6.07 Å². The van der Waals surface area contributed by atoms with Crippen LogP contribution in [0.3, 0.4) is 0 Å². The number of sulfone groups is 1. The van der Waals surface area contributed by atoms with Crippen molar-refractivity contribution in [1.82, 2.24) is 4.98 Å². The Morgan fingerprint density at radius 1 is 1.28 bits per heavy atom. The summed E-state index contributed by atoms with van der Waals surface area (Å²) in [6.07, 6.45) is 2.79. The lowest BCUT2D eigenvalue weighted by molar-refractivity contribution is 0.0917. The third-order valence-electron chi connectivity index (χ3n) is 4.75. The maximum absolute atomic E-state index is 13.6. The van der Waals surface area contributed by atoms with Gasteiger partial charge in [-0.2, -0.15) is 0 Å². The molecule has 0 radical (unpaired) electrons. The number of anilines is 1. The molecule has 9 heteroatoms. The number of halogens is 1. The van der Waals surface area contributed by atoms with E-state index in [-0.39, 0.29) is 22.7 Å². The second-order valence-electron chi connectivity index (χ2n) is 6.96. The first-order chi connectivity index (χ1) is 13.8. The minimum atomic E-state index is -3.35. The molecule has 152 valence electrons. The number of carbonyl (C=O) groups is 1. The summed E-state index contributed by atoms with van der Waals surface area (Å²) in [7, 11) is -3.35. The normalized spacial score (nSPS) is 17.0. The standard InChI is InChI=1S/C20H19FN2O4S2/c1-29(25,26)16-7-4-13(5-8-16)19(24)23(12-15-3-2-10-27-15)20-22-17-9-6-14(21)11-18(17)28-20/h4-9,11,15H,2-3,10,12H2,1H3. The highest BCUT2D eigenvalue weighted by Crippen LogP contribution is 2.31. The maximum Gasteiger partial charge on any atom is 0.260 e. The molecule has 0 bridgehead atoms. The fraction of sp³-hybridized carbons (Fsp3) is 0.300. The van der Waals surface area contributed by atoms with Gasteiger partial charge in [0.1, 0.15) is 5.82 Å². The van der Waals surface area contributed by atoms with Crippen molar-refractivity contribution in [2.75, 3.05) is 24.3 Å². The van der Waals surface area contributed by atoms with Crippen LogP contribution in [0.1, 0.15) is 23.2 Å². The summed E-state index contributed by atoms with van der Waals surface area (Å²) < 4.78 is 43.3. The first-order valence-corrected chi connectivity index (χ1v) is 11.8. The number of ether oxygens (including phenoxy) is 1. The Kier molecular flexibility index (Phi) is 5.37. The molecule has 1 aromatic heterocycles. The number of rotatable bonds is 5. The van der Waals surface area contributed by atoms with Crippen LogP contribution in [0.2, 0.25) is 0 Å². The third-order valence-corrected chi connectivity index (χ3v) is 6.92. The van der Waals surface area contributed by atoms with Gasteiger partial charge in [0.25, 0.3) is 5.91 Å². The maximum atomic E-state index is 13.6. The summed E-state index contributed by atoms with van der Waals surface area (Å²) in [5.41, 5.74) is 0.963. The smallest absolute Gasteiger partial charge is 0.260 e. The van der Waals surface area contributed by atoms with E-state index in [0.717, 1.165) is 19.1 Å². The van der Waals surface area contributed by atoms with Crippen molar-refractivity contribution >= 4 is 42.4 Å². The van der Waals surface area contributed by atoms with Gasteiger partial charge >= 0.3 is 0 Å². The van der Waals surface area contributed by atoms with Crippen LogP contribution in [0.15, 0.2) is 47.4 Å². The van der Waals surface area contributed by atoms with Crippen LogP contribution in [-0.2, 0) is 14.6 Å². The molecule has 6 nitrogen and oxygen atoms in total. The van der Waals surface area contributed by atoms with Crippen LogP contribution >= 0.6 is 11.3 Å². The number of aromatic nitrogens is 1. The number of hydrogen-bond acceptors (Lipinski definition) is 6. The minimum absolute atomic E-state index is 0.0991. The molecule has 3 aromatic rings. The molecule has 1 fully saturated rings. The summed E-state index contributed by atoms with van der Waals surface area (Å²) in [5, 5.41) is 0.457. The van der Waals surface area contributed by atoms with Crippen LogP contribution in [0.25, 0.3) is 10.2 Å². The first kappa shape index (κ1) is 19.9. The van der Waals surface area contributed by atoms with Gasteiger partial charge in [-0.05, 0) is 55.3 Å². The number of benzene rings is 2. The molecule has 2 aromatic carbocycles. The first-order valence-electron chi connectivity index (χ1n) is 9.11. The lowest BCUT2D eigenvalue weighted by atomic mass is 10.2. The number of thiazole rings is 1. The van der Waals surface area contributed by atoms with Gasteiger partial charge in [0.2, 0.25) is 0 Å². The molecule has 1 amide bonds. The van der Waals surface area contributed by atoms with E-state index in [1.165, 1.54) is 52.6 Å². The molecule has 4 rings (SSSR count). The van der Waals surface area contributed by atoms with Crippen molar-refractivity contribution < 1.29 is 22.3 Å². The number of fused-ring (bicyclic) bond motifs is 1. The van der Waals surface area contributed by atoms with Gasteiger partial charge in [-0.1, -0.05) is 11.3 Å². The molecule has 0 aliphatic carbocycles. The lowest BCUT2D eigenvalue weighted by Gasteiger charge is -2.23. The number of hydrogen-bond donors (Lipinski definition) is 0. The Balaban J connectivity index is 1.69. The average Bonchev–Trinajstić information content (AvgIpc) is 3.34. The van der Waals surface area contributed by atoms with E-state index >= 15 is 0 Å². The fourth-order valence-electron chi connectivity index (χ4n) is 3.24. The zero-order valence-electron chi connectivity index (χ0n) is 15.7. The van der Waals surface area contributed by atoms with Crippen molar-refractivity contribution in [3.05, 3.63) is 53.8 Å². The molecule has 2 heterocycles. The topological polar surface area (TPSA) is 76.6 Å². The zero-order chi connectivity index (χ0) is 20.6. The number of carbonyl (C=O) groups excluding carboxylic acids is 1. The van der Waals surface area contributed by atoms with Crippen molar-refractivity contribution in [3.8, 4) is 0 Å². The second kappa shape index (κ2) is 7.81. The SMILES string of the molecule is CS(=O)(=O)c1ccc(C(=O)N(CC2CCCO2)c2nc3ccc(F)cc3s2)cc1. The van der Waals surface area contributed by atoms with Gasteiger partial charge in [0, 0.05) is 18.4 Å². The second-order valence-corrected chi connectivity index (χ2v) is 9.98. The largest absolute Gasteiger partial charge is 0.376 e. The Morgan fingerprint density at radius 2 is 2.03 bits per heavy atom. The molecule has 0 saturated carbocycles. The molecule has 29 heavy (non-hydrogen) atoms. The molecular formula is C20H19FN2O4S2. The zero-order valence-corrected chi connectivity index (χ0v) is 17.3. The molecule has 1 aliphatic heterocycles. The van der Waals surface area contributed by atoms with Crippen LogP contribution < -0.4 is 4.90 Å².